The first-order valence-electron chi connectivity index (χ1n) is 7.04. The van der Waals surface area contributed by atoms with Gasteiger partial charge in [0.25, 0.3) is 0 Å². The number of anilines is 1. The third kappa shape index (κ3) is 4.09. The second kappa shape index (κ2) is 6.08. The standard InChI is InChI=1S/C18H22FN/c1-18(2,3)15-6-10-17(11-7-15)20-13-12-14-4-8-16(19)9-5-14/h4-11,20H,12-13H2,1-3H3. The molecule has 1 N–H and O–H groups in total. The Morgan fingerprint density at radius 3 is 2.05 bits per heavy atom. The smallest absolute Gasteiger partial charge is 0.123 e. The van der Waals surface area contributed by atoms with Crippen LogP contribution in [0.5, 0.6) is 0 Å². The molecule has 0 saturated heterocycles. The summed E-state index contributed by atoms with van der Waals surface area (Å²) in [5.74, 6) is -0.181. The molecule has 0 spiro atoms. The van der Waals surface area contributed by atoms with E-state index in [-0.39, 0.29) is 11.2 Å². The van der Waals surface area contributed by atoms with Gasteiger partial charge in [-0.15, -0.1) is 0 Å². The average Bonchev–Trinajstić information content (AvgIpc) is 2.41. The van der Waals surface area contributed by atoms with Crippen molar-refractivity contribution >= 4 is 5.69 Å². The van der Waals surface area contributed by atoms with E-state index < -0.39 is 0 Å². The lowest BCUT2D eigenvalue weighted by Gasteiger charge is -2.19. The van der Waals surface area contributed by atoms with Crippen LogP contribution in [0.4, 0.5) is 10.1 Å². The van der Waals surface area contributed by atoms with Crippen LogP contribution >= 0.6 is 0 Å². The molecule has 0 aromatic heterocycles. The molecule has 0 heterocycles. The second-order valence-corrected chi connectivity index (χ2v) is 6.13. The van der Waals surface area contributed by atoms with Crippen molar-refractivity contribution in [3.05, 3.63) is 65.5 Å². The van der Waals surface area contributed by atoms with Gasteiger partial charge in [0, 0.05) is 12.2 Å². The number of rotatable bonds is 4. The number of halogens is 1. The van der Waals surface area contributed by atoms with E-state index in [9.17, 15) is 4.39 Å². The third-order valence-electron chi connectivity index (χ3n) is 3.41. The normalized spacial score (nSPS) is 11.4. The Morgan fingerprint density at radius 2 is 1.50 bits per heavy atom. The molecular weight excluding hydrogens is 249 g/mol. The van der Waals surface area contributed by atoms with Gasteiger partial charge in [0.2, 0.25) is 0 Å². The predicted molar refractivity (Wildman–Crippen MR) is 83.7 cm³/mol. The molecule has 0 fully saturated rings. The lowest BCUT2D eigenvalue weighted by molar-refractivity contribution is 0.590. The van der Waals surface area contributed by atoms with Crippen LogP contribution in [0.3, 0.4) is 0 Å². The van der Waals surface area contributed by atoms with Gasteiger partial charge in [-0.3, -0.25) is 0 Å². The Bertz CT molecular complexity index is 535. The number of hydrogen-bond acceptors (Lipinski definition) is 1. The van der Waals surface area contributed by atoms with E-state index in [1.54, 1.807) is 0 Å². The fourth-order valence-corrected chi connectivity index (χ4v) is 2.09. The van der Waals surface area contributed by atoms with Crippen LogP contribution in [0.1, 0.15) is 31.9 Å². The van der Waals surface area contributed by atoms with Gasteiger partial charge in [0.15, 0.2) is 0 Å². The molecule has 0 radical (unpaired) electrons. The van der Waals surface area contributed by atoms with E-state index in [1.807, 2.05) is 12.1 Å². The van der Waals surface area contributed by atoms with Crippen LogP contribution in [0.15, 0.2) is 48.5 Å². The van der Waals surface area contributed by atoms with Crippen LogP contribution in [-0.4, -0.2) is 6.54 Å². The maximum Gasteiger partial charge on any atom is 0.123 e. The fraction of sp³-hybridized carbons (Fsp3) is 0.333. The quantitative estimate of drug-likeness (QED) is 0.844. The van der Waals surface area contributed by atoms with Crippen molar-refractivity contribution in [1.29, 1.82) is 0 Å². The highest BCUT2D eigenvalue weighted by atomic mass is 19.1. The van der Waals surface area contributed by atoms with Crippen molar-refractivity contribution in [2.45, 2.75) is 32.6 Å². The van der Waals surface area contributed by atoms with Gasteiger partial charge in [-0.1, -0.05) is 45.0 Å². The van der Waals surface area contributed by atoms with Gasteiger partial charge < -0.3 is 5.32 Å². The van der Waals surface area contributed by atoms with Crippen LogP contribution in [0.25, 0.3) is 0 Å². The number of nitrogens with one attached hydrogen (secondary N) is 1. The van der Waals surface area contributed by atoms with Crippen molar-refractivity contribution in [3.8, 4) is 0 Å². The predicted octanol–water partition coefficient (Wildman–Crippen LogP) is 4.78. The van der Waals surface area contributed by atoms with E-state index in [0.29, 0.717) is 0 Å². The average molecular weight is 271 g/mol. The third-order valence-corrected chi connectivity index (χ3v) is 3.41. The molecule has 0 aliphatic carbocycles. The second-order valence-electron chi connectivity index (χ2n) is 6.13. The summed E-state index contributed by atoms with van der Waals surface area (Å²) in [6.45, 7) is 7.48. The van der Waals surface area contributed by atoms with Gasteiger partial charge in [0.05, 0.1) is 0 Å². The van der Waals surface area contributed by atoms with Gasteiger partial charge >= 0.3 is 0 Å². The molecule has 0 bridgehead atoms. The summed E-state index contributed by atoms with van der Waals surface area (Å²) in [5, 5.41) is 3.39. The molecule has 2 aromatic rings. The molecule has 2 heteroatoms. The molecule has 2 rings (SSSR count). The molecule has 0 amide bonds. The number of benzene rings is 2. The molecule has 0 aliphatic rings. The molecule has 1 nitrogen and oxygen atoms in total. The Kier molecular flexibility index (Phi) is 4.43. The summed E-state index contributed by atoms with van der Waals surface area (Å²) in [4.78, 5) is 0. The van der Waals surface area contributed by atoms with E-state index >= 15 is 0 Å². The summed E-state index contributed by atoms with van der Waals surface area (Å²) in [6.07, 6.45) is 0.890. The van der Waals surface area contributed by atoms with Crippen molar-refractivity contribution in [2.24, 2.45) is 0 Å². The highest BCUT2D eigenvalue weighted by molar-refractivity contribution is 5.45. The molecule has 20 heavy (non-hydrogen) atoms. The highest BCUT2D eigenvalue weighted by Crippen LogP contribution is 2.23. The first kappa shape index (κ1) is 14.6. The van der Waals surface area contributed by atoms with Crippen molar-refractivity contribution in [2.75, 3.05) is 11.9 Å². The van der Waals surface area contributed by atoms with E-state index in [0.717, 1.165) is 24.2 Å². The maximum absolute atomic E-state index is 12.8. The summed E-state index contributed by atoms with van der Waals surface area (Å²) in [6, 6.07) is 15.2. The number of hydrogen-bond donors (Lipinski definition) is 1. The molecular formula is C18H22FN. The molecule has 0 saturated carbocycles. The van der Waals surface area contributed by atoms with Crippen LogP contribution in [-0.2, 0) is 11.8 Å². The zero-order valence-corrected chi connectivity index (χ0v) is 12.4. The zero-order valence-electron chi connectivity index (χ0n) is 12.4. The van der Waals surface area contributed by atoms with Crippen molar-refractivity contribution in [1.82, 2.24) is 0 Å². The Morgan fingerprint density at radius 1 is 0.900 bits per heavy atom. The lowest BCUT2D eigenvalue weighted by Crippen LogP contribution is -2.11. The van der Waals surface area contributed by atoms with Gasteiger partial charge in [-0.05, 0) is 47.2 Å². The maximum atomic E-state index is 12.8. The van der Waals surface area contributed by atoms with Gasteiger partial charge in [-0.25, -0.2) is 4.39 Å². The summed E-state index contributed by atoms with van der Waals surface area (Å²) in [5.41, 5.74) is 3.79. The highest BCUT2D eigenvalue weighted by Gasteiger charge is 2.12. The zero-order chi connectivity index (χ0) is 14.6. The molecule has 2 aromatic carbocycles. The minimum absolute atomic E-state index is 0.181. The lowest BCUT2D eigenvalue weighted by atomic mass is 9.87. The van der Waals surface area contributed by atoms with E-state index in [2.05, 4.69) is 50.4 Å². The van der Waals surface area contributed by atoms with Gasteiger partial charge in [0.1, 0.15) is 5.82 Å². The van der Waals surface area contributed by atoms with Gasteiger partial charge in [-0.2, -0.15) is 0 Å². The van der Waals surface area contributed by atoms with E-state index in [1.165, 1.54) is 17.7 Å². The van der Waals surface area contributed by atoms with Crippen molar-refractivity contribution < 1.29 is 4.39 Å². The summed E-state index contributed by atoms with van der Waals surface area (Å²) >= 11 is 0. The van der Waals surface area contributed by atoms with Crippen molar-refractivity contribution in [3.63, 3.8) is 0 Å². The molecule has 0 unspecified atom stereocenters. The summed E-state index contributed by atoms with van der Waals surface area (Å²) in [7, 11) is 0. The topological polar surface area (TPSA) is 12.0 Å². The Balaban J connectivity index is 1.87. The minimum Gasteiger partial charge on any atom is -0.385 e. The molecule has 106 valence electrons. The first-order valence-corrected chi connectivity index (χ1v) is 7.04. The Labute approximate surface area is 120 Å². The largest absolute Gasteiger partial charge is 0.385 e. The first-order chi connectivity index (χ1) is 9.45. The molecule has 0 atom stereocenters. The monoisotopic (exact) mass is 271 g/mol. The van der Waals surface area contributed by atoms with E-state index in [4.69, 9.17) is 0 Å². The summed E-state index contributed by atoms with van der Waals surface area (Å²) < 4.78 is 12.8. The SMILES string of the molecule is CC(C)(C)c1ccc(NCCc2ccc(F)cc2)cc1. The van der Waals surface area contributed by atoms with Crippen LogP contribution in [0.2, 0.25) is 0 Å². The van der Waals surface area contributed by atoms with Crippen LogP contribution in [0, 0.1) is 5.82 Å². The Hall–Kier alpha value is -1.83. The fourth-order valence-electron chi connectivity index (χ4n) is 2.09. The molecule has 0 aliphatic heterocycles. The van der Waals surface area contributed by atoms with Crippen LogP contribution < -0.4 is 5.32 Å². The minimum atomic E-state index is -0.181.